The molecule has 1 aliphatic rings. The highest BCUT2D eigenvalue weighted by Crippen LogP contribution is 2.36. The molecular formula is C21H18ClFN2O2. The zero-order chi connectivity index (χ0) is 19.1. The molecule has 0 spiro atoms. The molecule has 0 unspecified atom stereocenters. The number of halogens is 2. The minimum atomic E-state index is -0.298. The highest BCUT2D eigenvalue weighted by Gasteiger charge is 2.33. The number of fused-ring (bicyclic) bond motifs is 1. The topological polar surface area (TPSA) is 46.3 Å². The molecule has 4 rings (SSSR count). The van der Waals surface area contributed by atoms with Crippen molar-refractivity contribution in [1.29, 1.82) is 0 Å². The van der Waals surface area contributed by atoms with Crippen molar-refractivity contribution in [1.82, 2.24) is 5.16 Å². The normalized spacial score (nSPS) is 16.3. The van der Waals surface area contributed by atoms with Gasteiger partial charge in [-0.25, -0.2) is 4.39 Å². The number of aryl methyl sites for hydroxylation is 2. The van der Waals surface area contributed by atoms with E-state index < -0.39 is 0 Å². The molecular weight excluding hydrogens is 367 g/mol. The fourth-order valence-electron chi connectivity index (χ4n) is 3.61. The third-order valence-corrected chi connectivity index (χ3v) is 5.33. The number of anilines is 1. The molecule has 0 saturated heterocycles. The summed E-state index contributed by atoms with van der Waals surface area (Å²) >= 11 is 6.31. The molecule has 6 heteroatoms. The van der Waals surface area contributed by atoms with Crippen molar-refractivity contribution in [2.45, 2.75) is 32.7 Å². The van der Waals surface area contributed by atoms with E-state index >= 15 is 0 Å². The van der Waals surface area contributed by atoms with Gasteiger partial charge >= 0.3 is 0 Å². The van der Waals surface area contributed by atoms with Crippen molar-refractivity contribution < 1.29 is 13.7 Å². The van der Waals surface area contributed by atoms with Gasteiger partial charge in [-0.2, -0.15) is 0 Å². The molecule has 27 heavy (non-hydrogen) atoms. The molecule has 0 radical (unpaired) electrons. The van der Waals surface area contributed by atoms with Gasteiger partial charge in [0.05, 0.1) is 5.02 Å². The SMILES string of the molecule is Cc1onc(-c2ccccc2Cl)c1C(=O)N1c2ccc(F)cc2CC[C@@H]1C. The number of carbonyl (C=O) groups excluding carboxylic acids is 1. The van der Waals surface area contributed by atoms with E-state index in [2.05, 4.69) is 5.16 Å². The average Bonchev–Trinajstić information content (AvgIpc) is 3.03. The Labute approximate surface area is 161 Å². The lowest BCUT2D eigenvalue weighted by atomic mass is 9.95. The standard InChI is InChI=1S/C21H18ClFN2O2/c1-12-7-8-14-11-15(23)9-10-18(14)25(12)21(26)19-13(2)27-24-20(19)16-5-3-4-6-17(16)22/h3-6,9-12H,7-8H2,1-2H3/t12-/m0/s1. The molecule has 4 nitrogen and oxygen atoms in total. The number of carbonyl (C=O) groups is 1. The highest BCUT2D eigenvalue weighted by molar-refractivity contribution is 6.33. The molecule has 0 aliphatic carbocycles. The summed E-state index contributed by atoms with van der Waals surface area (Å²) in [6, 6.07) is 11.7. The van der Waals surface area contributed by atoms with Gasteiger partial charge in [0.1, 0.15) is 22.8 Å². The van der Waals surface area contributed by atoms with Gasteiger partial charge in [-0.3, -0.25) is 4.79 Å². The molecule has 0 bridgehead atoms. The summed E-state index contributed by atoms with van der Waals surface area (Å²) in [6.07, 6.45) is 1.49. The lowest BCUT2D eigenvalue weighted by Crippen LogP contribution is -2.42. The van der Waals surface area contributed by atoms with Crippen molar-refractivity contribution in [3.05, 3.63) is 70.2 Å². The third kappa shape index (κ3) is 3.02. The van der Waals surface area contributed by atoms with Crippen molar-refractivity contribution in [3.63, 3.8) is 0 Å². The average molecular weight is 385 g/mol. The maximum atomic E-state index is 13.6. The lowest BCUT2D eigenvalue weighted by molar-refractivity contribution is 0.0974. The van der Waals surface area contributed by atoms with Crippen molar-refractivity contribution in [2.24, 2.45) is 0 Å². The third-order valence-electron chi connectivity index (χ3n) is 5.00. The highest BCUT2D eigenvalue weighted by atomic mass is 35.5. The molecule has 0 N–H and O–H groups in total. The lowest BCUT2D eigenvalue weighted by Gasteiger charge is -2.35. The van der Waals surface area contributed by atoms with Crippen LogP contribution in [0, 0.1) is 12.7 Å². The summed E-state index contributed by atoms with van der Waals surface area (Å²) in [5.41, 5.74) is 3.00. The summed E-state index contributed by atoms with van der Waals surface area (Å²) in [5.74, 6) is -0.0892. The number of nitrogens with zero attached hydrogens (tertiary/aromatic N) is 2. The molecule has 2 aromatic carbocycles. The summed E-state index contributed by atoms with van der Waals surface area (Å²) in [5, 5.41) is 4.59. The van der Waals surface area contributed by atoms with Crippen LogP contribution >= 0.6 is 11.6 Å². The quantitative estimate of drug-likeness (QED) is 0.592. The predicted octanol–water partition coefficient (Wildman–Crippen LogP) is 5.42. The van der Waals surface area contributed by atoms with Gasteiger partial charge in [0.15, 0.2) is 0 Å². The molecule has 1 aromatic heterocycles. The molecule has 1 atom stereocenters. The van der Waals surface area contributed by atoms with Gasteiger partial charge in [-0.05, 0) is 56.5 Å². The number of rotatable bonds is 2. The first kappa shape index (κ1) is 17.7. The fourth-order valence-corrected chi connectivity index (χ4v) is 3.84. The first-order chi connectivity index (χ1) is 13.0. The maximum absolute atomic E-state index is 13.6. The van der Waals surface area contributed by atoms with Gasteiger partial charge in [-0.15, -0.1) is 0 Å². The summed E-state index contributed by atoms with van der Waals surface area (Å²) in [7, 11) is 0. The van der Waals surface area contributed by atoms with Gasteiger partial charge < -0.3 is 9.42 Å². The second-order valence-electron chi connectivity index (χ2n) is 6.78. The van der Waals surface area contributed by atoms with Gasteiger partial charge in [-0.1, -0.05) is 35.0 Å². The second kappa shape index (κ2) is 6.82. The van der Waals surface area contributed by atoms with Crippen LogP contribution in [0.15, 0.2) is 47.0 Å². The van der Waals surface area contributed by atoms with Crippen LogP contribution in [0.5, 0.6) is 0 Å². The Hall–Kier alpha value is -2.66. The molecule has 3 aromatic rings. The molecule has 1 amide bonds. The van der Waals surface area contributed by atoms with Crippen LogP contribution in [-0.2, 0) is 6.42 Å². The number of benzene rings is 2. The number of hydrogen-bond acceptors (Lipinski definition) is 3. The van der Waals surface area contributed by atoms with Crippen LogP contribution in [-0.4, -0.2) is 17.1 Å². The van der Waals surface area contributed by atoms with Crippen LogP contribution in [0.1, 0.15) is 35.0 Å². The summed E-state index contributed by atoms with van der Waals surface area (Å²) in [4.78, 5) is 15.2. The number of hydrogen-bond donors (Lipinski definition) is 0. The van der Waals surface area contributed by atoms with Crippen molar-refractivity contribution in [3.8, 4) is 11.3 Å². The van der Waals surface area contributed by atoms with E-state index in [9.17, 15) is 9.18 Å². The van der Waals surface area contributed by atoms with Gasteiger partial charge in [0.2, 0.25) is 0 Å². The molecule has 0 fully saturated rings. The van der Waals surface area contributed by atoms with E-state index in [1.807, 2.05) is 19.1 Å². The Morgan fingerprint density at radius 2 is 2.07 bits per heavy atom. The Kier molecular flexibility index (Phi) is 4.48. The van der Waals surface area contributed by atoms with Crippen LogP contribution < -0.4 is 4.90 Å². The Morgan fingerprint density at radius 3 is 2.85 bits per heavy atom. The Bertz CT molecular complexity index is 1030. The molecule has 138 valence electrons. The fraction of sp³-hybridized carbons (Fsp3) is 0.238. The molecule has 1 aliphatic heterocycles. The summed E-state index contributed by atoms with van der Waals surface area (Å²) < 4.78 is 19.0. The van der Waals surface area contributed by atoms with E-state index in [1.54, 1.807) is 30.0 Å². The minimum absolute atomic E-state index is 0.0242. The van der Waals surface area contributed by atoms with Crippen LogP contribution in [0.4, 0.5) is 10.1 Å². The van der Waals surface area contributed by atoms with Crippen LogP contribution in [0.3, 0.4) is 0 Å². The first-order valence-corrected chi connectivity index (χ1v) is 9.18. The first-order valence-electron chi connectivity index (χ1n) is 8.80. The van der Waals surface area contributed by atoms with E-state index in [-0.39, 0.29) is 17.8 Å². The monoisotopic (exact) mass is 384 g/mol. The minimum Gasteiger partial charge on any atom is -0.360 e. The maximum Gasteiger partial charge on any atom is 0.264 e. The van der Waals surface area contributed by atoms with E-state index in [0.717, 1.165) is 24.1 Å². The second-order valence-corrected chi connectivity index (χ2v) is 7.19. The zero-order valence-corrected chi connectivity index (χ0v) is 15.8. The largest absolute Gasteiger partial charge is 0.360 e. The van der Waals surface area contributed by atoms with Crippen LogP contribution in [0.25, 0.3) is 11.3 Å². The summed E-state index contributed by atoms with van der Waals surface area (Å²) in [6.45, 7) is 3.70. The van der Waals surface area contributed by atoms with Crippen molar-refractivity contribution >= 4 is 23.2 Å². The Balaban J connectivity index is 1.83. The predicted molar refractivity (Wildman–Crippen MR) is 103 cm³/mol. The van der Waals surface area contributed by atoms with Crippen molar-refractivity contribution in [2.75, 3.05) is 4.90 Å². The molecule has 0 saturated carbocycles. The number of aromatic nitrogens is 1. The van der Waals surface area contributed by atoms with Gasteiger partial charge in [0.25, 0.3) is 5.91 Å². The van der Waals surface area contributed by atoms with Crippen LogP contribution in [0.2, 0.25) is 5.02 Å². The van der Waals surface area contributed by atoms with E-state index in [4.69, 9.17) is 16.1 Å². The smallest absolute Gasteiger partial charge is 0.264 e. The zero-order valence-electron chi connectivity index (χ0n) is 15.0. The number of amides is 1. The molecule has 2 heterocycles. The van der Waals surface area contributed by atoms with E-state index in [1.165, 1.54) is 12.1 Å². The Morgan fingerprint density at radius 1 is 1.30 bits per heavy atom. The van der Waals surface area contributed by atoms with Gasteiger partial charge in [0, 0.05) is 17.3 Å². The van der Waals surface area contributed by atoms with E-state index in [0.29, 0.717) is 27.6 Å².